The molecule has 136 valence electrons. The lowest BCUT2D eigenvalue weighted by atomic mass is 10.1. The number of thiazole rings is 1. The maximum absolute atomic E-state index is 12.7. The minimum atomic E-state index is -1.04. The molecule has 0 unspecified atom stereocenters. The molecule has 7 heteroatoms. The standard InChI is InChI=1S/C20H15NO4S2/c1-10-19(27-11(2)21-10)13-9-26-17(18(13)20(23)24)8-14(22)16-7-12-5-3-4-6-15(12)25-16/h3-7,9H,8H2,1-2H3,(H,23,24). The van der Waals surface area contributed by atoms with E-state index in [-0.39, 0.29) is 23.5 Å². The summed E-state index contributed by atoms with van der Waals surface area (Å²) in [6, 6.07) is 9.08. The van der Waals surface area contributed by atoms with Gasteiger partial charge in [0.05, 0.1) is 21.1 Å². The second kappa shape index (κ2) is 6.75. The highest BCUT2D eigenvalue weighted by Crippen LogP contribution is 2.37. The first-order valence-corrected chi connectivity index (χ1v) is 9.93. The lowest BCUT2D eigenvalue weighted by Crippen LogP contribution is -2.06. The Bertz CT molecular complexity index is 1150. The molecule has 3 heterocycles. The predicted octanol–water partition coefficient (Wildman–Crippen LogP) is 5.36. The molecule has 0 aliphatic carbocycles. The molecule has 0 fully saturated rings. The summed E-state index contributed by atoms with van der Waals surface area (Å²) in [5.74, 6) is -1.03. The van der Waals surface area contributed by atoms with Crippen LogP contribution in [0.25, 0.3) is 21.4 Å². The van der Waals surface area contributed by atoms with Gasteiger partial charge in [0.2, 0.25) is 5.78 Å². The lowest BCUT2D eigenvalue weighted by Gasteiger charge is -2.02. The summed E-state index contributed by atoms with van der Waals surface area (Å²) in [6.45, 7) is 3.75. The highest BCUT2D eigenvalue weighted by molar-refractivity contribution is 7.16. The average Bonchev–Trinajstić information content (AvgIpc) is 3.30. The molecule has 0 aliphatic rings. The van der Waals surface area contributed by atoms with Crippen molar-refractivity contribution in [2.75, 3.05) is 0 Å². The number of carboxylic acids is 1. The summed E-state index contributed by atoms with van der Waals surface area (Å²) in [7, 11) is 0. The topological polar surface area (TPSA) is 80.4 Å². The van der Waals surface area contributed by atoms with Gasteiger partial charge < -0.3 is 9.52 Å². The van der Waals surface area contributed by atoms with E-state index in [1.807, 2.05) is 32.0 Å². The van der Waals surface area contributed by atoms with Crippen LogP contribution < -0.4 is 0 Å². The Morgan fingerprint density at radius 2 is 2.00 bits per heavy atom. The molecule has 3 aromatic heterocycles. The van der Waals surface area contributed by atoms with E-state index in [1.54, 1.807) is 17.5 Å². The second-order valence-electron chi connectivity index (χ2n) is 6.15. The fourth-order valence-electron chi connectivity index (χ4n) is 3.06. The molecule has 0 aliphatic heterocycles. The number of fused-ring (bicyclic) bond motifs is 1. The molecule has 27 heavy (non-hydrogen) atoms. The maximum atomic E-state index is 12.7. The third-order valence-corrected chi connectivity index (χ3v) is 6.34. The number of furan rings is 1. The van der Waals surface area contributed by atoms with Gasteiger partial charge in [0.1, 0.15) is 5.58 Å². The van der Waals surface area contributed by atoms with Crippen LogP contribution in [0.15, 0.2) is 40.1 Å². The summed E-state index contributed by atoms with van der Waals surface area (Å²) < 4.78 is 5.62. The van der Waals surface area contributed by atoms with Crippen LogP contribution >= 0.6 is 22.7 Å². The number of hydrogen-bond donors (Lipinski definition) is 1. The largest absolute Gasteiger partial charge is 0.478 e. The third-order valence-electron chi connectivity index (χ3n) is 4.25. The van der Waals surface area contributed by atoms with Gasteiger partial charge in [-0.05, 0) is 26.0 Å². The monoisotopic (exact) mass is 397 g/mol. The minimum absolute atomic E-state index is 0.0110. The third kappa shape index (κ3) is 3.20. The van der Waals surface area contributed by atoms with Crippen LogP contribution in [0.1, 0.15) is 36.5 Å². The van der Waals surface area contributed by atoms with Gasteiger partial charge >= 0.3 is 5.97 Å². The van der Waals surface area contributed by atoms with E-state index >= 15 is 0 Å². The van der Waals surface area contributed by atoms with Gasteiger partial charge in [-0.1, -0.05) is 18.2 Å². The first-order valence-electron chi connectivity index (χ1n) is 8.24. The Labute approximate surface area is 162 Å². The molecule has 4 rings (SSSR count). The molecule has 0 radical (unpaired) electrons. The van der Waals surface area contributed by atoms with Crippen LogP contribution in [0.3, 0.4) is 0 Å². The van der Waals surface area contributed by atoms with E-state index in [0.717, 1.165) is 21.0 Å². The van der Waals surface area contributed by atoms with Crippen molar-refractivity contribution in [2.45, 2.75) is 20.3 Å². The lowest BCUT2D eigenvalue weighted by molar-refractivity contribution is 0.0697. The first-order chi connectivity index (χ1) is 12.9. The summed E-state index contributed by atoms with van der Waals surface area (Å²) >= 11 is 2.74. The molecule has 5 nitrogen and oxygen atoms in total. The molecule has 0 saturated carbocycles. The van der Waals surface area contributed by atoms with Gasteiger partial charge in [-0.25, -0.2) is 9.78 Å². The van der Waals surface area contributed by atoms with Crippen LogP contribution in [0, 0.1) is 13.8 Å². The molecule has 0 spiro atoms. The molecule has 0 amide bonds. The van der Waals surface area contributed by atoms with Gasteiger partial charge in [-0.3, -0.25) is 4.79 Å². The number of hydrogen-bond acceptors (Lipinski definition) is 6. The average molecular weight is 397 g/mol. The van der Waals surface area contributed by atoms with Crippen molar-refractivity contribution in [1.29, 1.82) is 0 Å². The summed E-state index contributed by atoms with van der Waals surface area (Å²) in [4.78, 5) is 30.3. The number of carbonyl (C=O) groups is 2. The minimum Gasteiger partial charge on any atom is -0.478 e. The molecule has 0 atom stereocenters. The molecule has 1 N–H and O–H groups in total. The zero-order valence-corrected chi connectivity index (χ0v) is 16.2. The first kappa shape index (κ1) is 17.6. The predicted molar refractivity (Wildman–Crippen MR) is 106 cm³/mol. The number of nitrogens with zero attached hydrogens (tertiary/aromatic N) is 1. The van der Waals surface area contributed by atoms with E-state index in [9.17, 15) is 14.7 Å². The van der Waals surface area contributed by atoms with Crippen molar-refractivity contribution >= 4 is 45.4 Å². The quantitative estimate of drug-likeness (QED) is 0.459. The number of para-hydroxylation sites is 1. The Balaban J connectivity index is 1.70. The Kier molecular flexibility index (Phi) is 4.41. The molecule has 4 aromatic rings. The Hall–Kier alpha value is -2.77. The fraction of sp³-hybridized carbons (Fsp3) is 0.150. The number of benzene rings is 1. The number of thiophene rings is 1. The van der Waals surface area contributed by atoms with Crippen molar-refractivity contribution in [3.05, 3.63) is 62.6 Å². The van der Waals surface area contributed by atoms with Crippen molar-refractivity contribution < 1.29 is 19.1 Å². The van der Waals surface area contributed by atoms with Crippen LogP contribution in [0.5, 0.6) is 0 Å². The number of carbonyl (C=O) groups excluding carboxylic acids is 1. The van der Waals surface area contributed by atoms with E-state index < -0.39 is 5.97 Å². The normalized spacial score (nSPS) is 11.2. The number of aromatic carboxylic acids is 1. The summed E-state index contributed by atoms with van der Waals surface area (Å²) in [6.07, 6.45) is -0.0110. The van der Waals surface area contributed by atoms with E-state index in [4.69, 9.17) is 4.42 Å². The number of aryl methyl sites for hydroxylation is 2. The van der Waals surface area contributed by atoms with Gasteiger partial charge in [0.25, 0.3) is 0 Å². The molecular weight excluding hydrogens is 382 g/mol. The maximum Gasteiger partial charge on any atom is 0.337 e. The molecular formula is C20H15NO4S2. The van der Waals surface area contributed by atoms with Crippen LogP contribution in [-0.2, 0) is 6.42 Å². The number of carboxylic acid groups (broad SMARTS) is 1. The number of rotatable bonds is 5. The van der Waals surface area contributed by atoms with Crippen molar-refractivity contribution in [1.82, 2.24) is 4.98 Å². The fourth-order valence-corrected chi connectivity index (χ4v) is 5.11. The zero-order valence-electron chi connectivity index (χ0n) is 14.6. The SMILES string of the molecule is Cc1nc(C)c(-c2csc(CC(=O)c3cc4ccccc4o3)c2C(=O)O)s1. The van der Waals surface area contributed by atoms with Gasteiger partial charge in [-0.15, -0.1) is 22.7 Å². The number of aromatic nitrogens is 1. The van der Waals surface area contributed by atoms with Crippen LogP contribution in [0.2, 0.25) is 0 Å². The van der Waals surface area contributed by atoms with Crippen molar-refractivity contribution in [3.8, 4) is 10.4 Å². The van der Waals surface area contributed by atoms with Crippen molar-refractivity contribution in [2.24, 2.45) is 0 Å². The van der Waals surface area contributed by atoms with Crippen molar-refractivity contribution in [3.63, 3.8) is 0 Å². The number of ketones is 1. The van der Waals surface area contributed by atoms with E-state index in [1.165, 1.54) is 22.7 Å². The van der Waals surface area contributed by atoms with Crippen LogP contribution in [-0.4, -0.2) is 21.8 Å². The number of Topliss-reactive ketones (excluding diaryl/α,β-unsaturated/α-hetero) is 1. The smallest absolute Gasteiger partial charge is 0.337 e. The second-order valence-corrected chi connectivity index (χ2v) is 8.32. The molecule has 0 bridgehead atoms. The van der Waals surface area contributed by atoms with Gasteiger partial charge in [0.15, 0.2) is 5.76 Å². The summed E-state index contributed by atoms with van der Waals surface area (Å²) in [5, 5.41) is 13.3. The zero-order chi connectivity index (χ0) is 19.1. The Morgan fingerprint density at radius 1 is 1.22 bits per heavy atom. The van der Waals surface area contributed by atoms with E-state index in [0.29, 0.717) is 16.0 Å². The molecule has 0 saturated heterocycles. The molecule has 1 aromatic carbocycles. The van der Waals surface area contributed by atoms with Gasteiger partial charge in [-0.2, -0.15) is 0 Å². The highest BCUT2D eigenvalue weighted by atomic mass is 32.1. The van der Waals surface area contributed by atoms with E-state index in [2.05, 4.69) is 4.98 Å². The van der Waals surface area contributed by atoms with Gasteiger partial charge in [0, 0.05) is 27.6 Å². The summed E-state index contributed by atoms with van der Waals surface area (Å²) in [5.41, 5.74) is 2.24. The highest BCUT2D eigenvalue weighted by Gasteiger charge is 2.25. The van der Waals surface area contributed by atoms with Crippen LogP contribution in [0.4, 0.5) is 0 Å². The Morgan fingerprint density at radius 3 is 2.67 bits per heavy atom.